The first-order valence-corrected chi connectivity index (χ1v) is 10.7. The molecule has 1 aliphatic rings. The van der Waals surface area contributed by atoms with Gasteiger partial charge in [0.25, 0.3) is 0 Å². The predicted octanol–water partition coefficient (Wildman–Crippen LogP) is 3.90. The van der Waals surface area contributed by atoms with E-state index in [2.05, 4.69) is 25.4 Å². The van der Waals surface area contributed by atoms with E-state index in [1.54, 1.807) is 41.7 Å². The lowest BCUT2D eigenvalue weighted by atomic mass is 10.0. The lowest BCUT2D eigenvalue weighted by molar-refractivity contribution is -0.137. The first kappa shape index (κ1) is 22.7. The van der Waals surface area contributed by atoms with E-state index in [4.69, 9.17) is 9.57 Å². The van der Waals surface area contributed by atoms with Crippen molar-refractivity contribution < 1.29 is 22.7 Å². The Morgan fingerprint density at radius 3 is 2.66 bits per heavy atom. The van der Waals surface area contributed by atoms with Crippen molar-refractivity contribution in [3.05, 3.63) is 65.6 Å². The molecule has 9 nitrogen and oxygen atoms in total. The molecule has 0 saturated carbocycles. The van der Waals surface area contributed by atoms with Gasteiger partial charge < -0.3 is 24.0 Å². The quantitative estimate of drug-likeness (QED) is 0.472. The van der Waals surface area contributed by atoms with Gasteiger partial charge in [-0.15, -0.1) is 0 Å². The van der Waals surface area contributed by atoms with E-state index < -0.39 is 23.9 Å². The van der Waals surface area contributed by atoms with Gasteiger partial charge in [0, 0.05) is 36.6 Å². The van der Waals surface area contributed by atoms with Crippen molar-refractivity contribution in [3.8, 4) is 11.6 Å². The molecule has 5 rings (SSSR count). The summed E-state index contributed by atoms with van der Waals surface area (Å²) in [4.78, 5) is 18.5. The van der Waals surface area contributed by atoms with Crippen LogP contribution in [0, 0.1) is 6.92 Å². The SMILES string of the molecule is COc1nc(C2=NOC(C)C(c3cn(C)c4ncc(C(F)(F)F)cc34)N2)ccc1-n1cnc(C)c1. The zero-order chi connectivity index (χ0) is 24.9. The van der Waals surface area contributed by atoms with Gasteiger partial charge in [-0.2, -0.15) is 13.2 Å². The number of amidine groups is 1. The summed E-state index contributed by atoms with van der Waals surface area (Å²) < 4.78 is 49.0. The second-order valence-corrected chi connectivity index (χ2v) is 8.31. The molecule has 5 heterocycles. The number of alkyl halides is 3. The number of oxime groups is 1. The Morgan fingerprint density at radius 1 is 1.17 bits per heavy atom. The Kier molecular flexibility index (Phi) is 5.37. The second kappa shape index (κ2) is 8.29. The molecule has 182 valence electrons. The fraction of sp³-hybridized carbons (Fsp3) is 0.304. The van der Waals surface area contributed by atoms with Crippen LogP contribution in [0.5, 0.6) is 5.88 Å². The maximum atomic E-state index is 13.4. The minimum absolute atomic E-state index is 0.330. The van der Waals surface area contributed by atoms with E-state index in [-0.39, 0.29) is 0 Å². The van der Waals surface area contributed by atoms with Crippen molar-refractivity contribution in [1.29, 1.82) is 0 Å². The van der Waals surface area contributed by atoms with Crippen molar-refractivity contribution >= 4 is 16.9 Å². The van der Waals surface area contributed by atoms with Crippen molar-refractivity contribution in [2.45, 2.75) is 32.2 Å². The van der Waals surface area contributed by atoms with Gasteiger partial charge in [-0.05, 0) is 32.0 Å². The molecule has 0 fully saturated rings. The number of hydrogen-bond acceptors (Lipinski definition) is 7. The number of nitrogens with one attached hydrogen (secondary N) is 1. The number of hydrogen-bond donors (Lipinski definition) is 1. The smallest absolute Gasteiger partial charge is 0.417 e. The van der Waals surface area contributed by atoms with E-state index in [0.717, 1.165) is 18.0 Å². The van der Waals surface area contributed by atoms with Gasteiger partial charge in [0.05, 0.1) is 30.7 Å². The summed E-state index contributed by atoms with van der Waals surface area (Å²) in [6.45, 7) is 3.67. The molecule has 0 bridgehead atoms. The van der Waals surface area contributed by atoms with Gasteiger partial charge in [-0.3, -0.25) is 0 Å². The molecule has 1 aliphatic heterocycles. The van der Waals surface area contributed by atoms with E-state index in [1.165, 1.54) is 7.11 Å². The van der Waals surface area contributed by atoms with Gasteiger partial charge in [0.2, 0.25) is 5.88 Å². The average Bonchev–Trinajstić information content (AvgIpc) is 3.41. The fourth-order valence-corrected chi connectivity index (χ4v) is 4.10. The maximum absolute atomic E-state index is 13.4. The zero-order valence-electron chi connectivity index (χ0n) is 19.3. The van der Waals surface area contributed by atoms with Crippen LogP contribution in [0.15, 0.2) is 48.3 Å². The standard InChI is InChI=1S/C23H22F3N7O2/c1-12-9-33(11-28-12)18-6-5-17(29-22(18)34-4)20-30-19(13(2)35-31-20)16-10-32(3)21-15(16)7-14(8-27-21)23(24,25)26/h5-11,13,19H,1-4H3,(H,30,31). The number of halogens is 3. The van der Waals surface area contributed by atoms with Gasteiger partial charge in [0.15, 0.2) is 5.84 Å². The number of aryl methyl sites for hydroxylation is 2. The summed E-state index contributed by atoms with van der Waals surface area (Å²) in [6.07, 6.45) is 1.13. The second-order valence-electron chi connectivity index (χ2n) is 8.31. The number of aromatic nitrogens is 5. The predicted molar refractivity (Wildman–Crippen MR) is 121 cm³/mol. The molecule has 4 aromatic rings. The largest absolute Gasteiger partial charge is 0.479 e. The van der Waals surface area contributed by atoms with Gasteiger partial charge >= 0.3 is 6.18 Å². The molecular weight excluding hydrogens is 463 g/mol. The Hall–Kier alpha value is -4.09. The number of nitrogens with zero attached hydrogens (tertiary/aromatic N) is 6. The topological polar surface area (TPSA) is 91.4 Å². The first-order valence-electron chi connectivity index (χ1n) is 10.7. The third-order valence-electron chi connectivity index (χ3n) is 5.84. The molecule has 0 radical (unpaired) electrons. The van der Waals surface area contributed by atoms with E-state index >= 15 is 0 Å². The maximum Gasteiger partial charge on any atom is 0.417 e. The minimum Gasteiger partial charge on any atom is -0.479 e. The first-order chi connectivity index (χ1) is 16.7. The molecule has 35 heavy (non-hydrogen) atoms. The zero-order valence-corrected chi connectivity index (χ0v) is 19.3. The van der Waals surface area contributed by atoms with Crippen molar-refractivity contribution in [1.82, 2.24) is 29.4 Å². The van der Waals surface area contributed by atoms with Crippen LogP contribution >= 0.6 is 0 Å². The highest BCUT2D eigenvalue weighted by atomic mass is 19.4. The monoisotopic (exact) mass is 485 g/mol. The van der Waals surface area contributed by atoms with Gasteiger partial charge in [-0.1, -0.05) is 5.16 Å². The van der Waals surface area contributed by atoms with Crippen LogP contribution in [0.2, 0.25) is 0 Å². The lowest BCUT2D eigenvalue weighted by Gasteiger charge is -2.29. The van der Waals surface area contributed by atoms with Gasteiger partial charge in [0.1, 0.15) is 23.1 Å². The summed E-state index contributed by atoms with van der Waals surface area (Å²) in [5.74, 6) is 0.681. The van der Waals surface area contributed by atoms with Crippen LogP contribution in [0.3, 0.4) is 0 Å². The molecule has 0 aliphatic carbocycles. The number of ether oxygens (including phenoxy) is 1. The Morgan fingerprint density at radius 2 is 1.97 bits per heavy atom. The van der Waals surface area contributed by atoms with Crippen LogP contribution < -0.4 is 10.1 Å². The normalized spacial score (nSPS) is 18.2. The highest BCUT2D eigenvalue weighted by Crippen LogP contribution is 2.35. The number of fused-ring (bicyclic) bond motifs is 1. The number of pyridine rings is 2. The third-order valence-corrected chi connectivity index (χ3v) is 5.84. The summed E-state index contributed by atoms with van der Waals surface area (Å²) >= 11 is 0. The Labute approximate surface area is 198 Å². The van der Waals surface area contributed by atoms with E-state index in [1.807, 2.05) is 19.2 Å². The lowest BCUT2D eigenvalue weighted by Crippen LogP contribution is -2.40. The number of imidazole rings is 1. The molecule has 1 N–H and O–H groups in total. The van der Waals surface area contributed by atoms with E-state index in [9.17, 15) is 13.2 Å². The summed E-state index contributed by atoms with van der Waals surface area (Å²) in [5.41, 5.74) is 2.22. The highest BCUT2D eigenvalue weighted by Gasteiger charge is 2.34. The summed E-state index contributed by atoms with van der Waals surface area (Å²) in [6, 6.07) is 4.18. The molecule has 12 heteroatoms. The van der Waals surface area contributed by atoms with Crippen LogP contribution in [-0.4, -0.2) is 43.1 Å². The Bertz CT molecular complexity index is 1440. The fourth-order valence-electron chi connectivity index (χ4n) is 4.10. The molecule has 0 saturated heterocycles. The van der Waals surface area contributed by atoms with Crippen LogP contribution in [-0.2, 0) is 18.1 Å². The van der Waals surface area contributed by atoms with E-state index in [0.29, 0.717) is 39.7 Å². The molecule has 4 aromatic heterocycles. The van der Waals surface area contributed by atoms with Crippen molar-refractivity contribution in [2.24, 2.45) is 12.2 Å². The van der Waals surface area contributed by atoms with Gasteiger partial charge in [-0.25, -0.2) is 15.0 Å². The number of rotatable bonds is 4. The Balaban J connectivity index is 1.51. The molecule has 2 atom stereocenters. The number of methoxy groups -OCH3 is 1. The average molecular weight is 485 g/mol. The van der Waals surface area contributed by atoms with Crippen LogP contribution in [0.25, 0.3) is 16.7 Å². The van der Waals surface area contributed by atoms with Crippen molar-refractivity contribution in [3.63, 3.8) is 0 Å². The molecule has 2 unspecified atom stereocenters. The summed E-state index contributed by atoms with van der Waals surface area (Å²) in [5, 5.41) is 7.81. The highest BCUT2D eigenvalue weighted by molar-refractivity contribution is 5.98. The minimum atomic E-state index is -4.50. The van der Waals surface area contributed by atoms with Crippen molar-refractivity contribution in [2.75, 3.05) is 7.11 Å². The third kappa shape index (κ3) is 4.04. The van der Waals surface area contributed by atoms with Crippen LogP contribution in [0.4, 0.5) is 13.2 Å². The van der Waals surface area contributed by atoms with Crippen LogP contribution in [0.1, 0.15) is 35.5 Å². The summed E-state index contributed by atoms with van der Waals surface area (Å²) in [7, 11) is 3.25. The molecule has 0 spiro atoms. The molecular formula is C23H22F3N7O2. The molecule has 0 amide bonds. The molecule has 0 aromatic carbocycles.